The highest BCUT2D eigenvalue weighted by atomic mass is 19.4. The lowest BCUT2D eigenvalue weighted by Crippen LogP contribution is -2.21. The first-order chi connectivity index (χ1) is 9.34. The van der Waals surface area contributed by atoms with Crippen molar-refractivity contribution in [3.8, 4) is 5.95 Å². The standard InChI is InChI=1S/C11H11F3N4O2/c1-6-7(3-5-19)9(20)18(17-6)10-15-4-2-8(16-10)11(12,13)14/h2,4,17,19H,3,5H2,1H3. The number of hydrogen-bond acceptors (Lipinski definition) is 4. The molecular formula is C11H11F3N4O2. The van der Waals surface area contributed by atoms with Gasteiger partial charge in [0, 0.05) is 30.5 Å². The second kappa shape index (κ2) is 5.08. The monoisotopic (exact) mass is 288 g/mol. The smallest absolute Gasteiger partial charge is 0.396 e. The maximum Gasteiger partial charge on any atom is 0.433 e. The van der Waals surface area contributed by atoms with Gasteiger partial charge < -0.3 is 5.11 Å². The molecule has 2 aromatic heterocycles. The maximum atomic E-state index is 12.6. The second-order valence-electron chi connectivity index (χ2n) is 4.07. The summed E-state index contributed by atoms with van der Waals surface area (Å²) in [6, 6.07) is 0.721. The van der Waals surface area contributed by atoms with Gasteiger partial charge in [0.2, 0.25) is 0 Å². The van der Waals surface area contributed by atoms with E-state index in [1.165, 1.54) is 0 Å². The number of hydrogen-bond donors (Lipinski definition) is 2. The first-order valence-corrected chi connectivity index (χ1v) is 5.66. The highest BCUT2D eigenvalue weighted by Crippen LogP contribution is 2.27. The van der Waals surface area contributed by atoms with Crippen molar-refractivity contribution < 1.29 is 18.3 Å². The van der Waals surface area contributed by atoms with Crippen LogP contribution in [0.25, 0.3) is 5.95 Å². The number of rotatable bonds is 3. The largest absolute Gasteiger partial charge is 0.433 e. The van der Waals surface area contributed by atoms with Gasteiger partial charge >= 0.3 is 6.18 Å². The Kier molecular flexibility index (Phi) is 3.62. The maximum absolute atomic E-state index is 12.6. The molecule has 9 heteroatoms. The Labute approximate surface area is 110 Å². The fourth-order valence-corrected chi connectivity index (χ4v) is 1.74. The van der Waals surface area contributed by atoms with Crippen molar-refractivity contribution in [2.24, 2.45) is 0 Å². The molecule has 0 spiro atoms. The van der Waals surface area contributed by atoms with Crippen molar-refractivity contribution in [1.82, 2.24) is 19.7 Å². The van der Waals surface area contributed by atoms with Crippen LogP contribution in [0.5, 0.6) is 0 Å². The Morgan fingerprint density at radius 3 is 2.75 bits per heavy atom. The van der Waals surface area contributed by atoms with Crippen LogP contribution in [0.4, 0.5) is 13.2 Å². The number of nitrogens with zero attached hydrogens (tertiary/aromatic N) is 3. The van der Waals surface area contributed by atoms with E-state index in [1.54, 1.807) is 6.92 Å². The summed E-state index contributed by atoms with van der Waals surface area (Å²) in [5, 5.41) is 11.5. The van der Waals surface area contributed by atoms with Gasteiger partial charge in [0.05, 0.1) is 0 Å². The van der Waals surface area contributed by atoms with Gasteiger partial charge in [-0.25, -0.2) is 9.97 Å². The number of alkyl halides is 3. The molecule has 6 nitrogen and oxygen atoms in total. The number of aliphatic hydroxyl groups excluding tert-OH is 1. The zero-order valence-corrected chi connectivity index (χ0v) is 10.4. The summed E-state index contributed by atoms with van der Waals surface area (Å²) in [5.74, 6) is -0.392. The van der Waals surface area contributed by atoms with E-state index in [4.69, 9.17) is 5.11 Å². The molecule has 0 aliphatic heterocycles. The van der Waals surface area contributed by atoms with Gasteiger partial charge in [-0.2, -0.15) is 17.9 Å². The van der Waals surface area contributed by atoms with E-state index in [9.17, 15) is 18.0 Å². The Morgan fingerprint density at radius 2 is 2.15 bits per heavy atom. The third-order valence-electron chi connectivity index (χ3n) is 2.69. The van der Waals surface area contributed by atoms with E-state index in [0.717, 1.165) is 16.9 Å². The first kappa shape index (κ1) is 14.3. The lowest BCUT2D eigenvalue weighted by atomic mass is 10.2. The molecule has 0 unspecified atom stereocenters. The molecule has 0 bridgehead atoms. The number of aliphatic hydroxyl groups is 1. The summed E-state index contributed by atoms with van der Waals surface area (Å²) in [5.41, 5.74) is -0.972. The third-order valence-corrected chi connectivity index (χ3v) is 2.69. The lowest BCUT2D eigenvalue weighted by Gasteiger charge is -2.06. The van der Waals surface area contributed by atoms with Gasteiger partial charge in [-0.15, -0.1) is 0 Å². The highest BCUT2D eigenvalue weighted by molar-refractivity contribution is 5.22. The predicted octanol–water partition coefficient (Wildman–Crippen LogP) is 0.818. The Hall–Kier alpha value is -2.16. The van der Waals surface area contributed by atoms with Crippen LogP contribution in [0.2, 0.25) is 0 Å². The molecule has 0 amide bonds. The molecule has 0 saturated heterocycles. The summed E-state index contributed by atoms with van der Waals surface area (Å²) in [6.07, 6.45) is -3.58. The molecule has 2 rings (SSSR count). The Balaban J connectivity index is 2.53. The van der Waals surface area contributed by atoms with E-state index >= 15 is 0 Å². The quantitative estimate of drug-likeness (QED) is 0.875. The first-order valence-electron chi connectivity index (χ1n) is 5.66. The summed E-state index contributed by atoms with van der Waals surface area (Å²) in [6.45, 7) is 1.34. The minimum Gasteiger partial charge on any atom is -0.396 e. The highest BCUT2D eigenvalue weighted by Gasteiger charge is 2.33. The van der Waals surface area contributed by atoms with Crippen LogP contribution in [-0.4, -0.2) is 31.5 Å². The molecule has 0 aliphatic carbocycles. The van der Waals surface area contributed by atoms with Crippen LogP contribution in [0.15, 0.2) is 17.1 Å². The van der Waals surface area contributed by atoms with E-state index in [2.05, 4.69) is 15.1 Å². The van der Waals surface area contributed by atoms with E-state index in [1.807, 2.05) is 0 Å². The third kappa shape index (κ3) is 2.57. The summed E-state index contributed by atoms with van der Waals surface area (Å²) in [4.78, 5) is 19.0. The Morgan fingerprint density at radius 1 is 1.45 bits per heavy atom. The molecule has 2 heterocycles. The van der Waals surface area contributed by atoms with E-state index in [0.29, 0.717) is 5.69 Å². The van der Waals surface area contributed by atoms with Crippen LogP contribution >= 0.6 is 0 Å². The summed E-state index contributed by atoms with van der Waals surface area (Å²) < 4.78 is 38.5. The Bertz CT molecular complexity index is 675. The average molecular weight is 288 g/mol. The van der Waals surface area contributed by atoms with Crippen molar-refractivity contribution in [1.29, 1.82) is 0 Å². The van der Waals surface area contributed by atoms with Crippen molar-refractivity contribution >= 4 is 0 Å². The molecule has 108 valence electrons. The van der Waals surface area contributed by atoms with Gasteiger partial charge in [0.15, 0.2) is 0 Å². The van der Waals surface area contributed by atoms with Crippen LogP contribution in [0.1, 0.15) is 17.0 Å². The molecule has 0 aliphatic rings. The normalized spacial score (nSPS) is 11.8. The number of aryl methyl sites for hydroxylation is 1. The molecule has 0 atom stereocenters. The number of aromatic amines is 1. The molecule has 2 aromatic rings. The fourth-order valence-electron chi connectivity index (χ4n) is 1.74. The van der Waals surface area contributed by atoms with Crippen molar-refractivity contribution in [3.05, 3.63) is 39.6 Å². The van der Waals surface area contributed by atoms with Crippen molar-refractivity contribution in [2.75, 3.05) is 6.61 Å². The van der Waals surface area contributed by atoms with Crippen LogP contribution in [-0.2, 0) is 12.6 Å². The zero-order valence-electron chi connectivity index (χ0n) is 10.4. The van der Waals surface area contributed by atoms with Gasteiger partial charge in [-0.1, -0.05) is 0 Å². The van der Waals surface area contributed by atoms with Gasteiger partial charge in [-0.3, -0.25) is 9.89 Å². The summed E-state index contributed by atoms with van der Waals surface area (Å²) >= 11 is 0. The van der Waals surface area contributed by atoms with Crippen molar-refractivity contribution in [3.63, 3.8) is 0 Å². The fraction of sp³-hybridized carbons (Fsp3) is 0.364. The molecule has 20 heavy (non-hydrogen) atoms. The molecule has 0 saturated carbocycles. The molecular weight excluding hydrogens is 277 g/mol. The predicted molar refractivity (Wildman–Crippen MR) is 62.5 cm³/mol. The second-order valence-corrected chi connectivity index (χ2v) is 4.07. The molecule has 0 fully saturated rings. The number of aromatic nitrogens is 4. The van der Waals surface area contributed by atoms with Crippen LogP contribution < -0.4 is 5.56 Å². The van der Waals surface area contributed by atoms with E-state index in [-0.39, 0.29) is 18.6 Å². The topological polar surface area (TPSA) is 83.8 Å². The SMILES string of the molecule is Cc1[nH]n(-c2nccc(C(F)(F)F)n2)c(=O)c1CCO. The lowest BCUT2D eigenvalue weighted by molar-refractivity contribution is -0.141. The van der Waals surface area contributed by atoms with E-state index < -0.39 is 23.4 Å². The number of halogens is 3. The summed E-state index contributed by atoms with van der Waals surface area (Å²) in [7, 11) is 0. The minimum atomic E-state index is -4.61. The molecule has 2 N–H and O–H groups in total. The molecule has 0 aromatic carbocycles. The van der Waals surface area contributed by atoms with Crippen LogP contribution in [0, 0.1) is 6.92 Å². The van der Waals surface area contributed by atoms with Crippen LogP contribution in [0.3, 0.4) is 0 Å². The average Bonchev–Trinajstić information content (AvgIpc) is 2.66. The number of nitrogens with one attached hydrogen (secondary N) is 1. The van der Waals surface area contributed by atoms with Gasteiger partial charge in [0.25, 0.3) is 11.5 Å². The minimum absolute atomic E-state index is 0.104. The zero-order chi connectivity index (χ0) is 14.9. The van der Waals surface area contributed by atoms with Crippen molar-refractivity contribution in [2.45, 2.75) is 19.5 Å². The van der Waals surface area contributed by atoms with Gasteiger partial charge in [-0.05, 0) is 13.0 Å². The molecule has 0 radical (unpaired) electrons. The number of H-pyrrole nitrogens is 1. The van der Waals surface area contributed by atoms with Gasteiger partial charge in [0.1, 0.15) is 5.69 Å².